The minimum absolute atomic E-state index is 0.164. The first kappa shape index (κ1) is 12.8. The van der Waals surface area contributed by atoms with Crippen molar-refractivity contribution in [1.82, 2.24) is 9.38 Å². The van der Waals surface area contributed by atoms with E-state index in [0.29, 0.717) is 18.0 Å². The highest BCUT2D eigenvalue weighted by atomic mass is 79.9. The van der Waals surface area contributed by atoms with Gasteiger partial charge in [-0.3, -0.25) is 9.20 Å². The predicted octanol–water partition coefficient (Wildman–Crippen LogP) is 3.10. The van der Waals surface area contributed by atoms with Crippen LogP contribution in [0.25, 0.3) is 5.65 Å². The van der Waals surface area contributed by atoms with Crippen molar-refractivity contribution in [3.05, 3.63) is 34.7 Å². The topological polar surface area (TPSA) is 43.6 Å². The number of imidazole rings is 1. The van der Waals surface area contributed by atoms with Crippen molar-refractivity contribution in [2.24, 2.45) is 5.92 Å². The van der Waals surface area contributed by atoms with Crippen molar-refractivity contribution in [3.63, 3.8) is 0 Å². The third kappa shape index (κ3) is 2.72. The number of aromatic nitrogens is 2. The summed E-state index contributed by atoms with van der Waals surface area (Å²) in [6, 6.07) is 3.82. The summed E-state index contributed by atoms with van der Waals surface area (Å²) in [5.41, 5.74) is 1.47. The van der Waals surface area contributed by atoms with Crippen molar-refractivity contribution in [1.29, 1.82) is 0 Å². The highest BCUT2D eigenvalue weighted by Gasteiger charge is 2.20. The molecule has 0 aliphatic carbocycles. The standard InChI is InChI=1S/C14H15BrN2O2/c15-11-1-2-14-16-8-12(17(14)9-11)13(18)7-10-3-5-19-6-4-10/h1-2,8-10H,3-7H2. The molecule has 1 aliphatic rings. The molecule has 2 aromatic heterocycles. The molecule has 5 heteroatoms. The van der Waals surface area contributed by atoms with Gasteiger partial charge in [-0.15, -0.1) is 0 Å². The molecule has 3 heterocycles. The van der Waals surface area contributed by atoms with E-state index in [0.717, 1.165) is 36.2 Å². The lowest BCUT2D eigenvalue weighted by Crippen LogP contribution is -2.19. The first-order chi connectivity index (χ1) is 9.24. The van der Waals surface area contributed by atoms with Gasteiger partial charge in [0.25, 0.3) is 0 Å². The lowest BCUT2D eigenvalue weighted by Gasteiger charge is -2.20. The number of rotatable bonds is 3. The highest BCUT2D eigenvalue weighted by molar-refractivity contribution is 9.10. The second-order valence-electron chi connectivity index (χ2n) is 4.90. The van der Waals surface area contributed by atoms with Crippen LogP contribution in [0, 0.1) is 5.92 Å². The van der Waals surface area contributed by atoms with E-state index in [9.17, 15) is 4.79 Å². The summed E-state index contributed by atoms with van der Waals surface area (Å²) < 4.78 is 8.12. The van der Waals surface area contributed by atoms with Gasteiger partial charge >= 0.3 is 0 Å². The SMILES string of the molecule is O=C(CC1CCOCC1)c1cnc2ccc(Br)cn12. The van der Waals surface area contributed by atoms with Gasteiger partial charge in [-0.1, -0.05) is 0 Å². The van der Waals surface area contributed by atoms with Gasteiger partial charge in [0, 0.05) is 30.3 Å². The van der Waals surface area contributed by atoms with E-state index in [-0.39, 0.29) is 5.78 Å². The molecule has 0 radical (unpaired) electrons. The molecular weight excluding hydrogens is 308 g/mol. The zero-order chi connectivity index (χ0) is 13.2. The molecule has 1 saturated heterocycles. The summed E-state index contributed by atoms with van der Waals surface area (Å²) in [5, 5.41) is 0. The fourth-order valence-corrected chi connectivity index (χ4v) is 2.82. The number of Topliss-reactive ketones (excluding diaryl/α,β-unsaturated/α-hetero) is 1. The highest BCUT2D eigenvalue weighted by Crippen LogP contribution is 2.22. The quantitative estimate of drug-likeness (QED) is 0.815. The van der Waals surface area contributed by atoms with E-state index in [1.165, 1.54) is 0 Å². The summed E-state index contributed by atoms with van der Waals surface area (Å²) in [6.07, 6.45) is 6.10. The van der Waals surface area contributed by atoms with Crippen LogP contribution in [0.2, 0.25) is 0 Å². The number of carbonyl (C=O) groups excluding carboxylic acids is 1. The maximum Gasteiger partial charge on any atom is 0.181 e. The Morgan fingerprint density at radius 2 is 2.21 bits per heavy atom. The number of carbonyl (C=O) groups is 1. The molecule has 1 aliphatic heterocycles. The Kier molecular flexibility index (Phi) is 3.66. The van der Waals surface area contributed by atoms with Crippen LogP contribution >= 0.6 is 15.9 Å². The van der Waals surface area contributed by atoms with Crippen molar-refractivity contribution >= 4 is 27.4 Å². The lowest BCUT2D eigenvalue weighted by molar-refractivity contribution is 0.0599. The Labute approximate surface area is 119 Å². The average molecular weight is 323 g/mol. The Bertz CT molecular complexity index is 603. The zero-order valence-electron chi connectivity index (χ0n) is 10.5. The average Bonchev–Trinajstić information content (AvgIpc) is 2.82. The van der Waals surface area contributed by atoms with Gasteiger partial charge < -0.3 is 4.74 Å². The number of ether oxygens (including phenoxy) is 1. The minimum Gasteiger partial charge on any atom is -0.381 e. The number of ketones is 1. The number of pyridine rings is 1. The van der Waals surface area contributed by atoms with Crippen LogP contribution in [-0.4, -0.2) is 28.4 Å². The van der Waals surface area contributed by atoms with E-state index in [1.807, 2.05) is 22.7 Å². The summed E-state index contributed by atoms with van der Waals surface area (Å²) in [4.78, 5) is 16.7. The molecule has 0 amide bonds. The maximum atomic E-state index is 12.4. The number of hydrogen-bond donors (Lipinski definition) is 0. The van der Waals surface area contributed by atoms with Crippen LogP contribution in [0.5, 0.6) is 0 Å². The fraction of sp³-hybridized carbons (Fsp3) is 0.429. The summed E-state index contributed by atoms with van der Waals surface area (Å²) in [5.74, 6) is 0.608. The molecule has 0 bridgehead atoms. The number of hydrogen-bond acceptors (Lipinski definition) is 3. The molecule has 1 fully saturated rings. The first-order valence-electron chi connectivity index (χ1n) is 6.47. The molecule has 0 saturated carbocycles. The normalized spacial score (nSPS) is 16.9. The van der Waals surface area contributed by atoms with Gasteiger partial charge in [0.15, 0.2) is 5.78 Å². The van der Waals surface area contributed by atoms with Gasteiger partial charge in [0.1, 0.15) is 11.3 Å². The van der Waals surface area contributed by atoms with Crippen LogP contribution in [0.4, 0.5) is 0 Å². The number of nitrogens with zero attached hydrogens (tertiary/aromatic N) is 2. The molecule has 3 rings (SSSR count). The molecular formula is C14H15BrN2O2. The van der Waals surface area contributed by atoms with E-state index in [4.69, 9.17) is 4.74 Å². The molecule has 19 heavy (non-hydrogen) atoms. The maximum absolute atomic E-state index is 12.4. The smallest absolute Gasteiger partial charge is 0.181 e. The van der Waals surface area contributed by atoms with E-state index in [1.54, 1.807) is 6.20 Å². The second-order valence-corrected chi connectivity index (χ2v) is 5.82. The van der Waals surface area contributed by atoms with Crippen molar-refractivity contribution < 1.29 is 9.53 Å². The van der Waals surface area contributed by atoms with Gasteiger partial charge in [0.2, 0.25) is 0 Å². The molecule has 2 aromatic rings. The van der Waals surface area contributed by atoms with Gasteiger partial charge in [-0.05, 0) is 46.8 Å². The fourth-order valence-electron chi connectivity index (χ4n) is 2.48. The summed E-state index contributed by atoms with van der Waals surface area (Å²) >= 11 is 3.42. The minimum atomic E-state index is 0.164. The van der Waals surface area contributed by atoms with Crippen molar-refractivity contribution in [3.8, 4) is 0 Å². The van der Waals surface area contributed by atoms with Crippen LogP contribution in [0.15, 0.2) is 29.0 Å². The molecule has 0 aromatic carbocycles. The Balaban J connectivity index is 1.82. The third-order valence-electron chi connectivity index (χ3n) is 3.57. The Hall–Kier alpha value is -1.20. The number of fused-ring (bicyclic) bond motifs is 1. The van der Waals surface area contributed by atoms with Crippen LogP contribution in [-0.2, 0) is 4.74 Å². The molecule has 0 atom stereocenters. The molecule has 0 unspecified atom stereocenters. The third-order valence-corrected chi connectivity index (χ3v) is 4.04. The first-order valence-corrected chi connectivity index (χ1v) is 7.27. The number of halogens is 1. The van der Waals surface area contributed by atoms with E-state index < -0.39 is 0 Å². The Morgan fingerprint density at radius 1 is 1.42 bits per heavy atom. The molecule has 100 valence electrons. The van der Waals surface area contributed by atoms with Crippen LogP contribution in [0.3, 0.4) is 0 Å². The zero-order valence-corrected chi connectivity index (χ0v) is 12.1. The van der Waals surface area contributed by atoms with Gasteiger partial charge in [-0.2, -0.15) is 0 Å². The molecule has 0 N–H and O–H groups in total. The summed E-state index contributed by atoms with van der Waals surface area (Å²) in [6.45, 7) is 1.55. The lowest BCUT2D eigenvalue weighted by atomic mass is 9.93. The van der Waals surface area contributed by atoms with E-state index in [2.05, 4.69) is 20.9 Å². The van der Waals surface area contributed by atoms with Crippen LogP contribution < -0.4 is 0 Å². The van der Waals surface area contributed by atoms with Crippen molar-refractivity contribution in [2.45, 2.75) is 19.3 Å². The van der Waals surface area contributed by atoms with Crippen LogP contribution in [0.1, 0.15) is 29.8 Å². The Morgan fingerprint density at radius 3 is 3.00 bits per heavy atom. The van der Waals surface area contributed by atoms with Crippen molar-refractivity contribution in [2.75, 3.05) is 13.2 Å². The largest absolute Gasteiger partial charge is 0.381 e. The monoisotopic (exact) mass is 322 g/mol. The predicted molar refractivity (Wildman–Crippen MR) is 75.4 cm³/mol. The van der Waals surface area contributed by atoms with Gasteiger partial charge in [-0.25, -0.2) is 4.98 Å². The molecule has 0 spiro atoms. The second kappa shape index (κ2) is 5.43. The van der Waals surface area contributed by atoms with E-state index >= 15 is 0 Å². The molecule has 4 nitrogen and oxygen atoms in total. The summed E-state index contributed by atoms with van der Waals surface area (Å²) in [7, 11) is 0. The van der Waals surface area contributed by atoms with Gasteiger partial charge in [0.05, 0.1) is 6.20 Å².